The molecule has 0 radical (unpaired) electrons. The Balaban J connectivity index is 1.94. The van der Waals surface area contributed by atoms with Crippen molar-refractivity contribution in [1.29, 1.82) is 0 Å². The molecular formula is C14H11FN2O2S. The Labute approximate surface area is 119 Å². The van der Waals surface area contributed by atoms with Crippen molar-refractivity contribution >= 4 is 22.4 Å². The number of anilines is 1. The van der Waals surface area contributed by atoms with Crippen LogP contribution < -0.4 is 5.32 Å². The van der Waals surface area contributed by atoms with Gasteiger partial charge in [0.2, 0.25) is 5.91 Å². The molecule has 20 heavy (non-hydrogen) atoms. The molecule has 0 saturated carbocycles. The molecule has 1 aromatic carbocycles. The lowest BCUT2D eigenvalue weighted by atomic mass is 10.1. The lowest BCUT2D eigenvalue weighted by Gasteiger charge is -2.01. The summed E-state index contributed by atoms with van der Waals surface area (Å²) in [4.78, 5) is 16.4. The molecule has 0 unspecified atom stereocenters. The first-order valence-electron chi connectivity index (χ1n) is 5.77. The largest absolute Gasteiger partial charge is 0.384 e. The topological polar surface area (TPSA) is 62.2 Å². The molecule has 0 spiro atoms. The highest BCUT2D eigenvalue weighted by molar-refractivity contribution is 7.16. The zero-order chi connectivity index (χ0) is 14.4. The van der Waals surface area contributed by atoms with Crippen molar-refractivity contribution in [1.82, 2.24) is 4.98 Å². The highest BCUT2D eigenvalue weighted by Gasteiger charge is 2.07. The Hall–Kier alpha value is -2.23. The third-order valence-electron chi connectivity index (χ3n) is 2.32. The Morgan fingerprint density at radius 3 is 2.85 bits per heavy atom. The second-order valence-corrected chi connectivity index (χ2v) is 4.87. The predicted molar refractivity (Wildman–Crippen MR) is 74.8 cm³/mol. The maximum Gasteiger partial charge on any atom is 0.230 e. The van der Waals surface area contributed by atoms with Gasteiger partial charge in [0.25, 0.3) is 0 Å². The number of amides is 1. The summed E-state index contributed by atoms with van der Waals surface area (Å²) in [7, 11) is 0. The lowest BCUT2D eigenvalue weighted by molar-refractivity contribution is -0.115. The Kier molecular flexibility index (Phi) is 4.82. The number of carbonyl (C=O) groups excluding carboxylic acids is 1. The maximum atomic E-state index is 12.7. The van der Waals surface area contributed by atoms with Crippen molar-refractivity contribution < 1.29 is 14.3 Å². The zero-order valence-electron chi connectivity index (χ0n) is 10.4. The second-order valence-electron chi connectivity index (χ2n) is 3.84. The normalized spacial score (nSPS) is 9.70. The van der Waals surface area contributed by atoms with Gasteiger partial charge in [-0.2, -0.15) is 0 Å². The van der Waals surface area contributed by atoms with Crippen molar-refractivity contribution in [2.24, 2.45) is 0 Å². The molecule has 2 rings (SSSR count). The fourth-order valence-corrected chi connectivity index (χ4v) is 2.17. The second kappa shape index (κ2) is 6.80. The smallest absolute Gasteiger partial charge is 0.230 e. The third-order valence-corrected chi connectivity index (χ3v) is 3.15. The van der Waals surface area contributed by atoms with Crippen LogP contribution >= 0.6 is 11.3 Å². The third kappa shape index (κ3) is 4.16. The summed E-state index contributed by atoms with van der Waals surface area (Å²) in [6.45, 7) is -0.218. The predicted octanol–water partition coefficient (Wildman–Crippen LogP) is 1.81. The van der Waals surface area contributed by atoms with Crippen LogP contribution in [0.1, 0.15) is 10.4 Å². The van der Waals surface area contributed by atoms with Crippen LogP contribution in [0.2, 0.25) is 0 Å². The molecule has 2 N–H and O–H groups in total. The van der Waals surface area contributed by atoms with E-state index >= 15 is 0 Å². The van der Waals surface area contributed by atoms with Crippen LogP contribution in [0.25, 0.3) is 0 Å². The number of aliphatic hydroxyl groups excluding tert-OH is 1. The fraction of sp³-hybridized carbons (Fsp3) is 0.143. The van der Waals surface area contributed by atoms with Crippen molar-refractivity contribution in [3.8, 4) is 11.8 Å². The van der Waals surface area contributed by atoms with E-state index < -0.39 is 0 Å². The number of benzene rings is 1. The van der Waals surface area contributed by atoms with E-state index in [0.29, 0.717) is 10.0 Å². The van der Waals surface area contributed by atoms with E-state index in [2.05, 4.69) is 22.1 Å². The van der Waals surface area contributed by atoms with Crippen LogP contribution in [-0.2, 0) is 11.2 Å². The van der Waals surface area contributed by atoms with Gasteiger partial charge in [0.05, 0.1) is 17.5 Å². The molecule has 2 aromatic rings. The van der Waals surface area contributed by atoms with Crippen LogP contribution in [0.5, 0.6) is 0 Å². The van der Waals surface area contributed by atoms with Crippen LogP contribution in [0.3, 0.4) is 0 Å². The summed E-state index contributed by atoms with van der Waals surface area (Å²) in [5.74, 6) is 4.65. The number of aromatic nitrogens is 1. The van der Waals surface area contributed by atoms with Gasteiger partial charge in [-0.1, -0.05) is 35.3 Å². The van der Waals surface area contributed by atoms with Gasteiger partial charge in [-0.3, -0.25) is 4.79 Å². The minimum absolute atomic E-state index is 0.150. The summed E-state index contributed by atoms with van der Waals surface area (Å²) in [6, 6.07) is 5.76. The Morgan fingerprint density at radius 2 is 2.15 bits per heavy atom. The quantitative estimate of drug-likeness (QED) is 0.847. The molecule has 0 aliphatic heterocycles. The SMILES string of the molecule is O=C(Cc1ccc(F)cc1)Nc1ncc(C#CCO)s1. The molecule has 6 heteroatoms. The number of hydrogen-bond acceptors (Lipinski definition) is 4. The number of carbonyl (C=O) groups is 1. The summed E-state index contributed by atoms with van der Waals surface area (Å²) in [5.41, 5.74) is 0.723. The number of hydrogen-bond donors (Lipinski definition) is 2. The van der Waals surface area contributed by atoms with E-state index in [9.17, 15) is 9.18 Å². The first-order valence-corrected chi connectivity index (χ1v) is 6.59. The highest BCUT2D eigenvalue weighted by atomic mass is 32.1. The molecule has 4 nitrogen and oxygen atoms in total. The molecule has 0 saturated heterocycles. The van der Waals surface area contributed by atoms with E-state index in [1.54, 1.807) is 12.1 Å². The van der Waals surface area contributed by atoms with Gasteiger partial charge in [0.1, 0.15) is 12.4 Å². The first-order chi connectivity index (χ1) is 9.67. The van der Waals surface area contributed by atoms with Gasteiger partial charge in [-0.25, -0.2) is 9.37 Å². The molecule has 0 atom stereocenters. The van der Waals surface area contributed by atoms with Gasteiger partial charge >= 0.3 is 0 Å². The minimum atomic E-state index is -0.332. The van der Waals surface area contributed by atoms with Crippen molar-refractivity contribution in [3.05, 3.63) is 46.7 Å². The molecule has 0 aliphatic carbocycles. The monoisotopic (exact) mass is 290 g/mol. The molecule has 0 fully saturated rings. The lowest BCUT2D eigenvalue weighted by Crippen LogP contribution is -2.14. The average molecular weight is 290 g/mol. The molecule has 102 valence electrons. The Morgan fingerprint density at radius 1 is 1.40 bits per heavy atom. The van der Waals surface area contributed by atoms with Crippen LogP contribution in [0.4, 0.5) is 9.52 Å². The fourth-order valence-electron chi connectivity index (χ4n) is 1.47. The molecule has 0 aliphatic rings. The number of halogens is 1. The number of nitrogens with one attached hydrogen (secondary N) is 1. The van der Waals surface area contributed by atoms with E-state index in [1.807, 2.05) is 0 Å². The summed E-state index contributed by atoms with van der Waals surface area (Å²) in [5, 5.41) is 11.7. The summed E-state index contributed by atoms with van der Waals surface area (Å²) >= 11 is 1.23. The number of aliphatic hydroxyl groups is 1. The van der Waals surface area contributed by atoms with Gasteiger partial charge in [-0.05, 0) is 17.7 Å². The van der Waals surface area contributed by atoms with E-state index in [0.717, 1.165) is 5.56 Å². The van der Waals surface area contributed by atoms with Crippen LogP contribution in [0.15, 0.2) is 30.5 Å². The van der Waals surface area contributed by atoms with Gasteiger partial charge < -0.3 is 10.4 Å². The van der Waals surface area contributed by atoms with Gasteiger partial charge in [0.15, 0.2) is 5.13 Å². The van der Waals surface area contributed by atoms with Crippen LogP contribution in [-0.4, -0.2) is 22.6 Å². The average Bonchev–Trinajstić information content (AvgIpc) is 2.86. The minimum Gasteiger partial charge on any atom is -0.384 e. The van der Waals surface area contributed by atoms with Gasteiger partial charge in [-0.15, -0.1) is 0 Å². The summed E-state index contributed by atoms with van der Waals surface area (Å²) in [6.07, 6.45) is 1.68. The molecular weight excluding hydrogens is 279 g/mol. The van der Waals surface area contributed by atoms with E-state index in [-0.39, 0.29) is 24.8 Å². The maximum absolute atomic E-state index is 12.7. The van der Waals surface area contributed by atoms with E-state index in [1.165, 1.54) is 29.7 Å². The van der Waals surface area contributed by atoms with Crippen LogP contribution in [0, 0.1) is 17.7 Å². The zero-order valence-corrected chi connectivity index (χ0v) is 11.2. The number of thiazole rings is 1. The van der Waals surface area contributed by atoms with Crippen molar-refractivity contribution in [2.75, 3.05) is 11.9 Å². The van der Waals surface area contributed by atoms with Crippen molar-refractivity contribution in [2.45, 2.75) is 6.42 Å². The summed E-state index contributed by atoms with van der Waals surface area (Å²) < 4.78 is 12.7. The molecule has 0 bridgehead atoms. The standard InChI is InChI=1S/C14H11FN2O2S/c15-11-5-3-10(4-6-11)8-13(19)17-14-16-9-12(20-14)2-1-7-18/h3-6,9,18H,7-8H2,(H,16,17,19). The first kappa shape index (κ1) is 14.2. The number of nitrogens with zero attached hydrogens (tertiary/aromatic N) is 1. The Bertz CT molecular complexity index is 656. The molecule has 1 aromatic heterocycles. The molecule has 1 amide bonds. The van der Waals surface area contributed by atoms with Gasteiger partial charge in [0, 0.05) is 0 Å². The number of rotatable bonds is 3. The highest BCUT2D eigenvalue weighted by Crippen LogP contribution is 2.17. The molecule has 1 heterocycles. The van der Waals surface area contributed by atoms with E-state index in [4.69, 9.17) is 5.11 Å². The van der Waals surface area contributed by atoms with Crippen molar-refractivity contribution in [3.63, 3.8) is 0 Å².